The third-order valence-corrected chi connectivity index (χ3v) is 3.91. The Bertz CT molecular complexity index is 436. The average molecular weight is 279 g/mol. The van der Waals surface area contributed by atoms with Crippen LogP contribution in [-0.4, -0.2) is 25.5 Å². The van der Waals surface area contributed by atoms with Crippen LogP contribution in [0.15, 0.2) is 24.3 Å². The maximum atomic E-state index is 12.8. The molecule has 3 nitrogen and oxygen atoms in total. The predicted molar refractivity (Wildman–Crippen MR) is 78.2 cm³/mol. The van der Waals surface area contributed by atoms with E-state index in [0.717, 1.165) is 31.5 Å². The number of halogens is 1. The highest BCUT2D eigenvalue weighted by atomic mass is 19.1. The molecule has 1 aliphatic heterocycles. The van der Waals surface area contributed by atoms with E-state index in [-0.39, 0.29) is 11.7 Å². The second kappa shape index (κ2) is 6.84. The third-order valence-electron chi connectivity index (χ3n) is 3.91. The molecule has 0 aromatic heterocycles. The SMILES string of the molecule is C[C@@H]1C[C@@H](C)C[NH+](CCC(=O)Nc2ccc(F)cc2)C1. The second-order valence-electron chi connectivity index (χ2n) is 6.16. The van der Waals surface area contributed by atoms with Crippen LogP contribution >= 0.6 is 0 Å². The number of anilines is 1. The minimum absolute atomic E-state index is 0.00925. The molecule has 1 amide bonds. The van der Waals surface area contributed by atoms with Gasteiger partial charge in [-0.05, 0) is 30.7 Å². The summed E-state index contributed by atoms with van der Waals surface area (Å²) < 4.78 is 12.8. The van der Waals surface area contributed by atoms with Gasteiger partial charge < -0.3 is 10.2 Å². The monoisotopic (exact) mass is 279 g/mol. The highest BCUT2D eigenvalue weighted by Gasteiger charge is 2.25. The van der Waals surface area contributed by atoms with Crippen LogP contribution in [0.3, 0.4) is 0 Å². The Kier molecular flexibility index (Phi) is 5.12. The number of carbonyl (C=O) groups excluding carboxylic acids is 1. The maximum Gasteiger partial charge on any atom is 0.230 e. The standard InChI is InChI=1S/C16H23FN2O/c1-12-9-13(2)11-19(10-12)8-7-16(20)18-15-5-3-14(17)4-6-15/h3-6,12-13H,7-11H2,1-2H3,(H,18,20)/p+1/t12-,13-/m1/s1. The lowest BCUT2D eigenvalue weighted by molar-refractivity contribution is -0.911. The summed E-state index contributed by atoms with van der Waals surface area (Å²) in [5.74, 6) is 1.21. The zero-order valence-corrected chi connectivity index (χ0v) is 12.3. The van der Waals surface area contributed by atoms with Gasteiger partial charge in [0, 0.05) is 17.5 Å². The van der Waals surface area contributed by atoms with E-state index in [1.165, 1.54) is 23.5 Å². The fraction of sp³-hybridized carbons (Fsp3) is 0.562. The molecule has 1 heterocycles. The van der Waals surface area contributed by atoms with E-state index in [1.807, 2.05) is 0 Å². The molecule has 0 radical (unpaired) electrons. The van der Waals surface area contributed by atoms with Crippen LogP contribution in [0.2, 0.25) is 0 Å². The van der Waals surface area contributed by atoms with Crippen molar-refractivity contribution >= 4 is 11.6 Å². The van der Waals surface area contributed by atoms with Gasteiger partial charge in [-0.3, -0.25) is 4.79 Å². The number of rotatable bonds is 4. The van der Waals surface area contributed by atoms with E-state index in [0.29, 0.717) is 12.1 Å². The largest absolute Gasteiger partial charge is 0.334 e. The maximum absolute atomic E-state index is 12.8. The Hall–Kier alpha value is -1.42. The van der Waals surface area contributed by atoms with Crippen LogP contribution in [0.5, 0.6) is 0 Å². The summed E-state index contributed by atoms with van der Waals surface area (Å²) in [7, 11) is 0. The van der Waals surface area contributed by atoms with Gasteiger partial charge in [-0.25, -0.2) is 4.39 Å². The molecule has 0 aliphatic carbocycles. The first kappa shape index (κ1) is 15.0. The summed E-state index contributed by atoms with van der Waals surface area (Å²) in [6.07, 6.45) is 1.82. The van der Waals surface area contributed by atoms with Crippen LogP contribution in [0.1, 0.15) is 26.7 Å². The Morgan fingerprint density at radius 3 is 2.45 bits per heavy atom. The molecule has 1 aliphatic rings. The molecule has 1 saturated heterocycles. The molecule has 0 saturated carbocycles. The fourth-order valence-electron chi connectivity index (χ4n) is 3.17. The van der Waals surface area contributed by atoms with Gasteiger partial charge in [-0.2, -0.15) is 0 Å². The van der Waals surface area contributed by atoms with Crippen molar-refractivity contribution in [2.45, 2.75) is 26.7 Å². The molecule has 2 N–H and O–H groups in total. The van der Waals surface area contributed by atoms with E-state index in [4.69, 9.17) is 0 Å². The van der Waals surface area contributed by atoms with Crippen molar-refractivity contribution in [1.82, 2.24) is 0 Å². The van der Waals surface area contributed by atoms with Gasteiger partial charge in [0.2, 0.25) is 5.91 Å². The fourth-order valence-corrected chi connectivity index (χ4v) is 3.17. The van der Waals surface area contributed by atoms with Crippen molar-refractivity contribution in [3.05, 3.63) is 30.1 Å². The minimum Gasteiger partial charge on any atom is -0.334 e. The number of piperidine rings is 1. The molecule has 1 fully saturated rings. The average Bonchev–Trinajstić information content (AvgIpc) is 2.38. The highest BCUT2D eigenvalue weighted by molar-refractivity contribution is 5.90. The topological polar surface area (TPSA) is 33.5 Å². The molecule has 0 bridgehead atoms. The van der Waals surface area contributed by atoms with Gasteiger partial charge in [0.1, 0.15) is 5.82 Å². The van der Waals surface area contributed by atoms with Crippen LogP contribution in [-0.2, 0) is 4.79 Å². The molecule has 20 heavy (non-hydrogen) atoms. The van der Waals surface area contributed by atoms with E-state index >= 15 is 0 Å². The van der Waals surface area contributed by atoms with Crippen molar-refractivity contribution in [3.8, 4) is 0 Å². The van der Waals surface area contributed by atoms with Crippen LogP contribution in [0.25, 0.3) is 0 Å². The van der Waals surface area contributed by atoms with Gasteiger partial charge in [-0.1, -0.05) is 13.8 Å². The normalized spacial score (nSPS) is 26.2. The van der Waals surface area contributed by atoms with E-state index in [2.05, 4.69) is 19.2 Å². The zero-order chi connectivity index (χ0) is 14.5. The van der Waals surface area contributed by atoms with Crippen molar-refractivity contribution < 1.29 is 14.1 Å². The lowest BCUT2D eigenvalue weighted by atomic mass is 9.92. The Morgan fingerprint density at radius 2 is 1.85 bits per heavy atom. The number of quaternary nitrogens is 1. The van der Waals surface area contributed by atoms with Gasteiger partial charge in [-0.15, -0.1) is 0 Å². The summed E-state index contributed by atoms with van der Waals surface area (Å²) in [5, 5.41) is 2.81. The molecule has 110 valence electrons. The van der Waals surface area contributed by atoms with E-state index in [1.54, 1.807) is 12.1 Å². The van der Waals surface area contributed by atoms with Crippen molar-refractivity contribution in [2.75, 3.05) is 25.0 Å². The Labute approximate surface area is 120 Å². The number of carbonyl (C=O) groups is 1. The smallest absolute Gasteiger partial charge is 0.230 e. The summed E-state index contributed by atoms with van der Waals surface area (Å²) in [6.45, 7) is 7.77. The summed E-state index contributed by atoms with van der Waals surface area (Å²) in [4.78, 5) is 13.4. The highest BCUT2D eigenvalue weighted by Crippen LogP contribution is 2.12. The first-order chi connectivity index (χ1) is 9.52. The lowest BCUT2D eigenvalue weighted by Gasteiger charge is -2.31. The summed E-state index contributed by atoms with van der Waals surface area (Å²) in [6, 6.07) is 5.89. The van der Waals surface area contributed by atoms with Crippen LogP contribution in [0.4, 0.5) is 10.1 Å². The predicted octanol–water partition coefficient (Wildman–Crippen LogP) is 1.72. The third kappa shape index (κ3) is 4.60. The van der Waals surface area contributed by atoms with Crippen LogP contribution in [0, 0.1) is 17.7 Å². The molecular formula is C16H24FN2O+. The van der Waals surface area contributed by atoms with E-state index in [9.17, 15) is 9.18 Å². The zero-order valence-electron chi connectivity index (χ0n) is 12.3. The second-order valence-corrected chi connectivity index (χ2v) is 6.16. The molecule has 2 atom stereocenters. The molecular weight excluding hydrogens is 255 g/mol. The molecule has 2 rings (SSSR count). The van der Waals surface area contributed by atoms with Crippen LogP contribution < -0.4 is 10.2 Å². The van der Waals surface area contributed by atoms with Gasteiger partial charge >= 0.3 is 0 Å². The number of nitrogens with one attached hydrogen (secondary N) is 2. The van der Waals surface area contributed by atoms with Crippen molar-refractivity contribution in [3.63, 3.8) is 0 Å². The molecule has 4 heteroatoms. The van der Waals surface area contributed by atoms with Gasteiger partial charge in [0.25, 0.3) is 0 Å². The summed E-state index contributed by atoms with van der Waals surface area (Å²) >= 11 is 0. The Morgan fingerprint density at radius 1 is 1.25 bits per heavy atom. The minimum atomic E-state index is -0.288. The molecule has 1 aromatic carbocycles. The first-order valence-electron chi connectivity index (χ1n) is 7.42. The molecule has 1 aromatic rings. The lowest BCUT2D eigenvalue weighted by Crippen LogP contribution is -3.14. The number of benzene rings is 1. The Balaban J connectivity index is 1.76. The van der Waals surface area contributed by atoms with Crippen molar-refractivity contribution in [1.29, 1.82) is 0 Å². The molecule has 0 unspecified atom stereocenters. The first-order valence-corrected chi connectivity index (χ1v) is 7.42. The number of hydrogen-bond donors (Lipinski definition) is 2. The number of amides is 1. The quantitative estimate of drug-likeness (QED) is 0.864. The summed E-state index contributed by atoms with van der Waals surface area (Å²) in [5.41, 5.74) is 0.659. The number of hydrogen-bond acceptors (Lipinski definition) is 1. The molecule has 0 spiro atoms. The van der Waals surface area contributed by atoms with E-state index < -0.39 is 0 Å². The van der Waals surface area contributed by atoms with Gasteiger partial charge in [0.15, 0.2) is 0 Å². The van der Waals surface area contributed by atoms with Gasteiger partial charge in [0.05, 0.1) is 26.1 Å². The number of likely N-dealkylation sites (tertiary alicyclic amines) is 1. The van der Waals surface area contributed by atoms with Crippen molar-refractivity contribution in [2.24, 2.45) is 11.8 Å².